The number of nitrogens with one attached hydrogen (secondary N) is 1. The van der Waals surface area contributed by atoms with E-state index in [1.54, 1.807) is 24.3 Å². The molecule has 0 unspecified atom stereocenters. The van der Waals surface area contributed by atoms with Gasteiger partial charge >= 0.3 is 0 Å². The molecule has 1 amide bonds. The third-order valence-corrected chi connectivity index (χ3v) is 5.17. The molecular weight excluding hydrogens is 338 g/mol. The molecule has 27 heavy (non-hydrogen) atoms. The lowest BCUT2D eigenvalue weighted by molar-refractivity contribution is -0.134. The van der Waals surface area contributed by atoms with Crippen LogP contribution in [0.1, 0.15) is 29.9 Å². The minimum Gasteiger partial charge on any atom is -0.508 e. The first-order valence-corrected chi connectivity index (χ1v) is 9.18. The molecule has 2 N–H and O–H groups in total. The van der Waals surface area contributed by atoms with E-state index in [0.717, 1.165) is 11.1 Å². The summed E-state index contributed by atoms with van der Waals surface area (Å²) in [5.41, 5.74) is 1.94. The van der Waals surface area contributed by atoms with Crippen molar-refractivity contribution in [3.63, 3.8) is 0 Å². The molecule has 1 saturated heterocycles. The third kappa shape index (κ3) is 4.38. The molecule has 1 heterocycles. The summed E-state index contributed by atoms with van der Waals surface area (Å²) in [7, 11) is 0. The maximum atomic E-state index is 13.3. The summed E-state index contributed by atoms with van der Waals surface area (Å²) in [6, 6.07) is 16.5. The number of aromatic hydroxyl groups is 1. The van der Waals surface area contributed by atoms with Crippen molar-refractivity contribution in [2.45, 2.75) is 25.2 Å². The first-order chi connectivity index (χ1) is 13.1. The Labute approximate surface area is 159 Å². The molecule has 4 heteroatoms. The highest BCUT2D eigenvalue weighted by Crippen LogP contribution is 2.33. The molecule has 3 atom stereocenters. The number of phenols is 1. The van der Waals surface area contributed by atoms with Crippen LogP contribution in [0.25, 0.3) is 0 Å². The summed E-state index contributed by atoms with van der Waals surface area (Å²) in [6.07, 6.45) is 6.95. The summed E-state index contributed by atoms with van der Waals surface area (Å²) in [5.74, 6) is 1.36. The molecule has 4 nitrogen and oxygen atoms in total. The Bertz CT molecular complexity index is 836. The number of hydrogen-bond donors (Lipinski definition) is 2. The number of amides is 1. The number of ketones is 1. The van der Waals surface area contributed by atoms with Crippen molar-refractivity contribution in [1.82, 2.24) is 5.32 Å². The van der Waals surface area contributed by atoms with Crippen molar-refractivity contribution < 1.29 is 14.7 Å². The quantitative estimate of drug-likeness (QED) is 0.588. The molecular formula is C23H23NO3. The van der Waals surface area contributed by atoms with Crippen LogP contribution in [0.5, 0.6) is 5.75 Å². The first kappa shape index (κ1) is 18.7. The molecule has 0 spiro atoms. The lowest BCUT2D eigenvalue weighted by Gasteiger charge is -2.22. The van der Waals surface area contributed by atoms with Crippen molar-refractivity contribution >= 4 is 11.7 Å². The Kier molecular flexibility index (Phi) is 5.93. The van der Waals surface area contributed by atoms with E-state index in [2.05, 4.69) is 11.2 Å². The highest BCUT2D eigenvalue weighted by molar-refractivity contribution is 6.05. The topological polar surface area (TPSA) is 66.4 Å². The zero-order chi connectivity index (χ0) is 19.2. The number of benzene rings is 2. The van der Waals surface area contributed by atoms with Crippen LogP contribution in [0, 0.1) is 24.2 Å². The maximum Gasteiger partial charge on any atom is 0.231 e. The highest BCUT2D eigenvalue weighted by atomic mass is 16.3. The van der Waals surface area contributed by atoms with Crippen LogP contribution in [-0.2, 0) is 16.0 Å². The number of hydrogen-bond acceptors (Lipinski definition) is 3. The largest absolute Gasteiger partial charge is 0.508 e. The predicted octanol–water partition coefficient (Wildman–Crippen LogP) is 3.06. The first-order valence-electron chi connectivity index (χ1n) is 9.18. The lowest BCUT2D eigenvalue weighted by atomic mass is 9.78. The molecule has 1 fully saturated rings. The number of terminal acetylenes is 1. The predicted molar refractivity (Wildman–Crippen MR) is 104 cm³/mol. The number of Topliss-reactive ketones (excluding diaryl/α,β-unsaturated/α-hetero) is 1. The summed E-state index contributed by atoms with van der Waals surface area (Å²) in [6.45, 7) is 0.473. The number of carbonyl (C=O) groups is 2. The molecule has 0 aromatic heterocycles. The number of carbonyl (C=O) groups excluding carboxylic acids is 2. The van der Waals surface area contributed by atoms with E-state index in [0.29, 0.717) is 25.8 Å². The Balaban J connectivity index is 1.84. The molecule has 2 aromatic rings. The fourth-order valence-electron chi connectivity index (χ4n) is 3.73. The maximum absolute atomic E-state index is 13.3. The molecule has 0 saturated carbocycles. The van der Waals surface area contributed by atoms with Crippen LogP contribution in [0.15, 0.2) is 54.6 Å². The van der Waals surface area contributed by atoms with Gasteiger partial charge in [-0.3, -0.25) is 9.59 Å². The van der Waals surface area contributed by atoms with Gasteiger partial charge in [-0.25, -0.2) is 0 Å². The minimum atomic E-state index is -0.688. The average molecular weight is 361 g/mol. The van der Waals surface area contributed by atoms with E-state index in [4.69, 9.17) is 6.42 Å². The Morgan fingerprint density at radius 1 is 1.19 bits per heavy atom. The van der Waals surface area contributed by atoms with Gasteiger partial charge in [0.05, 0.1) is 0 Å². The van der Waals surface area contributed by atoms with E-state index in [9.17, 15) is 14.7 Å². The normalized spacial score (nSPS) is 19.9. The van der Waals surface area contributed by atoms with E-state index in [-0.39, 0.29) is 29.3 Å². The van der Waals surface area contributed by atoms with Gasteiger partial charge in [-0.15, -0.1) is 12.3 Å². The summed E-state index contributed by atoms with van der Waals surface area (Å²) in [5, 5.41) is 12.3. The zero-order valence-corrected chi connectivity index (χ0v) is 15.1. The molecule has 0 aliphatic carbocycles. The molecule has 1 aliphatic rings. The Morgan fingerprint density at radius 2 is 1.89 bits per heavy atom. The van der Waals surface area contributed by atoms with E-state index < -0.39 is 5.92 Å². The van der Waals surface area contributed by atoms with Gasteiger partial charge in [0.2, 0.25) is 5.91 Å². The van der Waals surface area contributed by atoms with Gasteiger partial charge in [0.1, 0.15) is 17.5 Å². The van der Waals surface area contributed by atoms with E-state index >= 15 is 0 Å². The van der Waals surface area contributed by atoms with Crippen LogP contribution < -0.4 is 5.32 Å². The SMILES string of the molecule is C#CCC[C@H](Cc1ccc(O)cc1)C(=O)[C@H]1C(=O)NC[C@@H]1c1ccccc1. The average Bonchev–Trinajstić information content (AvgIpc) is 3.08. The second-order valence-corrected chi connectivity index (χ2v) is 6.95. The fraction of sp³-hybridized carbons (Fsp3) is 0.304. The Hall–Kier alpha value is -3.06. The van der Waals surface area contributed by atoms with Gasteiger partial charge in [-0.2, -0.15) is 0 Å². The summed E-state index contributed by atoms with van der Waals surface area (Å²) >= 11 is 0. The summed E-state index contributed by atoms with van der Waals surface area (Å²) in [4.78, 5) is 25.8. The second kappa shape index (κ2) is 8.55. The highest BCUT2D eigenvalue weighted by Gasteiger charge is 2.43. The van der Waals surface area contributed by atoms with Crippen LogP contribution in [0.4, 0.5) is 0 Å². The van der Waals surface area contributed by atoms with E-state index in [1.807, 2.05) is 30.3 Å². The zero-order valence-electron chi connectivity index (χ0n) is 15.1. The van der Waals surface area contributed by atoms with Crippen molar-refractivity contribution in [2.24, 2.45) is 11.8 Å². The van der Waals surface area contributed by atoms with Crippen molar-refractivity contribution in [1.29, 1.82) is 0 Å². The lowest BCUT2D eigenvalue weighted by Crippen LogP contribution is -2.33. The molecule has 3 rings (SSSR count). The van der Waals surface area contributed by atoms with Gasteiger partial charge in [-0.1, -0.05) is 42.5 Å². The molecule has 138 valence electrons. The molecule has 0 radical (unpaired) electrons. The van der Waals surface area contributed by atoms with Crippen LogP contribution >= 0.6 is 0 Å². The monoisotopic (exact) mass is 361 g/mol. The van der Waals surface area contributed by atoms with Crippen molar-refractivity contribution in [3.05, 3.63) is 65.7 Å². The van der Waals surface area contributed by atoms with E-state index in [1.165, 1.54) is 0 Å². The standard InChI is InChI=1S/C23H23NO3/c1-2-3-7-18(14-16-10-12-19(25)13-11-16)22(26)21-20(15-24-23(21)27)17-8-5-4-6-9-17/h1,4-6,8-13,18,20-21,25H,3,7,14-15H2,(H,24,27)/t18-,20-,21+/m1/s1. The molecule has 1 aliphatic heterocycles. The fourth-order valence-corrected chi connectivity index (χ4v) is 3.73. The smallest absolute Gasteiger partial charge is 0.231 e. The van der Waals surface area contributed by atoms with Crippen LogP contribution in [-0.4, -0.2) is 23.3 Å². The minimum absolute atomic E-state index is 0.0535. The van der Waals surface area contributed by atoms with Crippen LogP contribution in [0.2, 0.25) is 0 Å². The van der Waals surface area contributed by atoms with Crippen molar-refractivity contribution in [2.75, 3.05) is 6.54 Å². The Morgan fingerprint density at radius 3 is 2.56 bits per heavy atom. The molecule has 0 bridgehead atoms. The van der Waals surface area contributed by atoms with Gasteiger partial charge < -0.3 is 10.4 Å². The number of phenolic OH excluding ortho intramolecular Hbond substituents is 1. The van der Waals surface area contributed by atoms with Crippen LogP contribution in [0.3, 0.4) is 0 Å². The molecule has 2 aromatic carbocycles. The van der Waals surface area contributed by atoms with Gasteiger partial charge in [0.15, 0.2) is 0 Å². The van der Waals surface area contributed by atoms with Gasteiger partial charge in [0, 0.05) is 24.8 Å². The van der Waals surface area contributed by atoms with Gasteiger partial charge in [-0.05, 0) is 36.1 Å². The second-order valence-electron chi connectivity index (χ2n) is 6.95. The number of rotatable bonds is 7. The van der Waals surface area contributed by atoms with Gasteiger partial charge in [0.25, 0.3) is 0 Å². The third-order valence-electron chi connectivity index (χ3n) is 5.17. The van der Waals surface area contributed by atoms with Crippen molar-refractivity contribution in [3.8, 4) is 18.1 Å². The summed E-state index contributed by atoms with van der Waals surface area (Å²) < 4.78 is 0.